The molecule has 4 nitrogen and oxygen atoms in total. The smallest absolute Gasteiger partial charge is 0.164 e. The lowest BCUT2D eigenvalue weighted by atomic mass is 9.93. The first kappa shape index (κ1) is 43.3. The van der Waals surface area contributed by atoms with Gasteiger partial charge in [-0.15, -0.1) is 11.3 Å². The molecule has 0 fully saturated rings. The highest BCUT2D eigenvalue weighted by Crippen LogP contribution is 2.45. The normalized spacial score (nSPS) is 11.5. The van der Waals surface area contributed by atoms with Crippen molar-refractivity contribution in [3.05, 3.63) is 261 Å². The number of thiophene rings is 1. The molecule has 14 rings (SSSR count). The summed E-state index contributed by atoms with van der Waals surface area (Å²) in [5.74, 6) is 1.72. The van der Waals surface area contributed by atoms with Gasteiger partial charge in [0.1, 0.15) is 11.2 Å². The van der Waals surface area contributed by atoms with Gasteiger partial charge in [0, 0.05) is 47.6 Å². The lowest BCUT2D eigenvalue weighted by molar-refractivity contribution is 0.669. The Morgan fingerprint density at radius 1 is 0.243 bits per heavy atom. The zero-order chi connectivity index (χ0) is 49.0. The van der Waals surface area contributed by atoms with Crippen LogP contribution in [0.25, 0.3) is 143 Å². The van der Waals surface area contributed by atoms with E-state index in [1.165, 1.54) is 36.9 Å². The molecule has 0 amide bonds. The highest BCUT2D eigenvalue weighted by Gasteiger charge is 2.21. The Morgan fingerprint density at radius 2 is 0.662 bits per heavy atom. The maximum Gasteiger partial charge on any atom is 0.164 e. The maximum atomic E-state index is 6.55. The van der Waals surface area contributed by atoms with Crippen LogP contribution in [0.1, 0.15) is 0 Å². The van der Waals surface area contributed by atoms with Gasteiger partial charge < -0.3 is 4.42 Å². The SMILES string of the molecule is c1ccc(-c2ccc(-c3nc(-c4cc(-c5ccccc5)cc(-c5cccc(-c6cccc7c6sc6c(-c8ccccc8)cccc67)c5)c4)nc(-c4cccc5oc6ccc(-c7ccccc7)cc6c45)n3)cc2)cc1. The van der Waals surface area contributed by atoms with Crippen LogP contribution in [0.4, 0.5) is 0 Å². The van der Waals surface area contributed by atoms with Gasteiger partial charge in [-0.25, -0.2) is 15.0 Å². The Hall–Kier alpha value is -9.55. The second kappa shape index (κ2) is 18.2. The third kappa shape index (κ3) is 7.84. The number of rotatable bonds is 9. The molecule has 0 aliphatic carbocycles. The largest absolute Gasteiger partial charge is 0.456 e. The molecule has 0 aliphatic heterocycles. The predicted molar refractivity (Wildman–Crippen MR) is 309 cm³/mol. The van der Waals surface area contributed by atoms with Gasteiger partial charge in [0.25, 0.3) is 0 Å². The number of nitrogens with zero attached hydrogens (tertiary/aromatic N) is 3. The Bertz CT molecular complexity index is 4390. The van der Waals surface area contributed by atoms with Crippen LogP contribution < -0.4 is 0 Å². The molecule has 0 saturated carbocycles. The number of hydrogen-bond donors (Lipinski definition) is 0. The molecule has 0 aliphatic rings. The van der Waals surface area contributed by atoms with Crippen molar-refractivity contribution in [2.45, 2.75) is 0 Å². The minimum atomic E-state index is 0.566. The fraction of sp³-hybridized carbons (Fsp3) is 0. The lowest BCUT2D eigenvalue weighted by Gasteiger charge is -2.14. The molecule has 0 atom stereocenters. The van der Waals surface area contributed by atoms with E-state index < -0.39 is 0 Å². The Kier molecular flexibility index (Phi) is 10.7. The van der Waals surface area contributed by atoms with Gasteiger partial charge in [0.05, 0.1) is 0 Å². The average molecular weight is 962 g/mol. The zero-order valence-electron chi connectivity index (χ0n) is 40.0. The highest BCUT2D eigenvalue weighted by molar-refractivity contribution is 7.26. The van der Waals surface area contributed by atoms with E-state index in [1.54, 1.807) is 0 Å². The first-order valence-electron chi connectivity index (χ1n) is 24.9. The van der Waals surface area contributed by atoms with E-state index in [0.29, 0.717) is 17.5 Å². The Balaban J connectivity index is 0.946. The molecule has 3 aromatic heterocycles. The van der Waals surface area contributed by atoms with Crippen LogP contribution in [0.3, 0.4) is 0 Å². The molecule has 11 aromatic carbocycles. The van der Waals surface area contributed by atoms with Crippen molar-refractivity contribution < 1.29 is 4.42 Å². The molecule has 0 N–H and O–H groups in total. The quantitative estimate of drug-likeness (QED) is 0.145. The van der Waals surface area contributed by atoms with Crippen molar-refractivity contribution in [3.63, 3.8) is 0 Å². The van der Waals surface area contributed by atoms with E-state index in [0.717, 1.165) is 88.7 Å². The topological polar surface area (TPSA) is 51.8 Å². The van der Waals surface area contributed by atoms with Crippen LogP contribution in [0.2, 0.25) is 0 Å². The number of hydrogen-bond acceptors (Lipinski definition) is 5. The summed E-state index contributed by atoms with van der Waals surface area (Å²) < 4.78 is 9.13. The van der Waals surface area contributed by atoms with Crippen molar-refractivity contribution in [1.82, 2.24) is 15.0 Å². The number of aromatic nitrogens is 3. The van der Waals surface area contributed by atoms with E-state index in [9.17, 15) is 0 Å². The zero-order valence-corrected chi connectivity index (χ0v) is 40.8. The molecule has 74 heavy (non-hydrogen) atoms. The summed E-state index contributed by atoms with van der Waals surface area (Å²) in [6.07, 6.45) is 0. The van der Waals surface area contributed by atoms with E-state index >= 15 is 0 Å². The highest BCUT2D eigenvalue weighted by atomic mass is 32.1. The second-order valence-electron chi connectivity index (χ2n) is 18.7. The van der Waals surface area contributed by atoms with E-state index in [1.807, 2.05) is 35.6 Å². The molecule has 0 unspecified atom stereocenters. The minimum Gasteiger partial charge on any atom is -0.456 e. The van der Waals surface area contributed by atoms with E-state index in [2.05, 4.69) is 237 Å². The van der Waals surface area contributed by atoms with Crippen molar-refractivity contribution in [2.24, 2.45) is 0 Å². The summed E-state index contributed by atoms with van der Waals surface area (Å²) in [5.41, 5.74) is 17.9. The van der Waals surface area contributed by atoms with E-state index in [-0.39, 0.29) is 0 Å². The summed E-state index contributed by atoms with van der Waals surface area (Å²) in [4.78, 5) is 16.1. The summed E-state index contributed by atoms with van der Waals surface area (Å²) in [6, 6.07) is 92.4. The van der Waals surface area contributed by atoms with Crippen molar-refractivity contribution in [3.8, 4) is 101 Å². The number of fused-ring (bicyclic) bond motifs is 6. The number of benzene rings is 11. The monoisotopic (exact) mass is 961 g/mol. The molecule has 0 bridgehead atoms. The third-order valence-electron chi connectivity index (χ3n) is 14.1. The molecular formula is C69H43N3OS. The van der Waals surface area contributed by atoms with Gasteiger partial charge in [-0.1, -0.05) is 218 Å². The van der Waals surface area contributed by atoms with Crippen molar-refractivity contribution in [2.75, 3.05) is 0 Å². The third-order valence-corrected chi connectivity index (χ3v) is 15.4. The van der Waals surface area contributed by atoms with Gasteiger partial charge in [-0.05, 0) is 109 Å². The van der Waals surface area contributed by atoms with Crippen LogP contribution >= 0.6 is 11.3 Å². The molecular weight excluding hydrogens is 919 g/mol. The van der Waals surface area contributed by atoms with Gasteiger partial charge in [-0.3, -0.25) is 0 Å². The molecule has 14 aromatic rings. The van der Waals surface area contributed by atoms with Gasteiger partial charge >= 0.3 is 0 Å². The molecule has 5 heteroatoms. The molecule has 0 saturated heterocycles. The first-order valence-corrected chi connectivity index (χ1v) is 25.7. The molecule has 346 valence electrons. The summed E-state index contributed by atoms with van der Waals surface area (Å²) in [6.45, 7) is 0. The molecule has 3 heterocycles. The second-order valence-corrected chi connectivity index (χ2v) is 19.7. The van der Waals surface area contributed by atoms with Crippen LogP contribution in [0, 0.1) is 0 Å². The average Bonchev–Trinajstić information content (AvgIpc) is 4.07. The van der Waals surface area contributed by atoms with Gasteiger partial charge in [0.2, 0.25) is 0 Å². The van der Waals surface area contributed by atoms with Crippen LogP contribution in [0.5, 0.6) is 0 Å². The maximum absolute atomic E-state index is 6.55. The number of furan rings is 1. The van der Waals surface area contributed by atoms with Crippen molar-refractivity contribution >= 4 is 53.4 Å². The van der Waals surface area contributed by atoms with Gasteiger partial charge in [0.15, 0.2) is 17.5 Å². The first-order chi connectivity index (χ1) is 36.6. The fourth-order valence-corrected chi connectivity index (χ4v) is 11.9. The summed E-state index contributed by atoms with van der Waals surface area (Å²) in [7, 11) is 0. The lowest BCUT2D eigenvalue weighted by Crippen LogP contribution is -2.01. The molecule has 0 spiro atoms. The predicted octanol–water partition coefficient (Wildman–Crippen LogP) is 19.1. The van der Waals surface area contributed by atoms with Crippen LogP contribution in [0.15, 0.2) is 265 Å². The molecule has 0 radical (unpaired) electrons. The minimum absolute atomic E-state index is 0.566. The Morgan fingerprint density at radius 3 is 1.32 bits per heavy atom. The van der Waals surface area contributed by atoms with Crippen molar-refractivity contribution in [1.29, 1.82) is 0 Å². The summed E-state index contributed by atoms with van der Waals surface area (Å²) in [5, 5.41) is 4.51. The van der Waals surface area contributed by atoms with Crippen LogP contribution in [-0.4, -0.2) is 15.0 Å². The Labute approximate surface area is 432 Å². The van der Waals surface area contributed by atoms with E-state index in [4.69, 9.17) is 19.4 Å². The fourth-order valence-electron chi connectivity index (χ4n) is 10.5. The van der Waals surface area contributed by atoms with Gasteiger partial charge in [-0.2, -0.15) is 0 Å². The summed E-state index contributed by atoms with van der Waals surface area (Å²) >= 11 is 1.88. The standard InChI is InChI=1S/C69H43N3OS/c1-5-17-44(18-6-1)47-33-35-49(36-34-47)67-70-68(72-69(71-67)60-31-16-32-63-64(60)61-43-51(37-38-62(61)73-63)45-19-7-2-8-20-45)55-41-53(46-21-9-3-10-22-46)40-54(42-55)50-25-13-26-52(39-50)57-28-15-30-59-58-29-14-27-56(65(58)74-66(57)59)48-23-11-4-12-24-48/h1-43H. The van der Waals surface area contributed by atoms with Crippen LogP contribution in [-0.2, 0) is 0 Å².